The van der Waals surface area contributed by atoms with Crippen molar-refractivity contribution in [1.82, 2.24) is 10.6 Å². The van der Waals surface area contributed by atoms with Gasteiger partial charge in [-0.3, -0.25) is 4.79 Å². The van der Waals surface area contributed by atoms with Gasteiger partial charge in [-0.25, -0.2) is 0 Å². The molecular formula is C22H32N2O4. The van der Waals surface area contributed by atoms with Crippen molar-refractivity contribution in [3.05, 3.63) is 70.8 Å². The van der Waals surface area contributed by atoms with Crippen LogP contribution in [0.1, 0.15) is 33.5 Å². The van der Waals surface area contributed by atoms with Gasteiger partial charge in [0.2, 0.25) is 0 Å². The van der Waals surface area contributed by atoms with Gasteiger partial charge in [0.25, 0.3) is 5.91 Å². The van der Waals surface area contributed by atoms with Crippen LogP contribution < -0.4 is 10.6 Å². The minimum absolute atomic E-state index is 0.0399. The second-order valence-corrected chi connectivity index (χ2v) is 5.94. The lowest BCUT2D eigenvalue weighted by Gasteiger charge is -2.07. The van der Waals surface area contributed by atoms with E-state index < -0.39 is 0 Å². The Morgan fingerprint density at radius 3 is 2.07 bits per heavy atom. The SMILES string of the molecule is C=O.CO.Cc1ccc(CCNC(=O)c2ccc(CNCCCO)cc2)cc1. The maximum absolute atomic E-state index is 12.1. The Morgan fingerprint density at radius 2 is 1.50 bits per heavy atom. The first kappa shape index (κ1) is 25.5. The van der Waals surface area contributed by atoms with Gasteiger partial charge in [0.05, 0.1) is 0 Å². The van der Waals surface area contributed by atoms with Gasteiger partial charge in [-0.15, -0.1) is 0 Å². The summed E-state index contributed by atoms with van der Waals surface area (Å²) in [6, 6.07) is 16.0. The van der Waals surface area contributed by atoms with Crippen molar-refractivity contribution in [2.45, 2.75) is 26.3 Å². The molecule has 0 aromatic heterocycles. The Balaban J connectivity index is 0.00000171. The summed E-state index contributed by atoms with van der Waals surface area (Å²) in [5.74, 6) is -0.0399. The Labute approximate surface area is 167 Å². The number of aliphatic hydroxyl groups is 2. The molecule has 0 radical (unpaired) electrons. The van der Waals surface area contributed by atoms with Crippen molar-refractivity contribution < 1.29 is 19.8 Å². The van der Waals surface area contributed by atoms with Crippen LogP contribution in [0.15, 0.2) is 48.5 Å². The molecule has 154 valence electrons. The summed E-state index contributed by atoms with van der Waals surface area (Å²) in [7, 11) is 1.00. The standard InChI is InChI=1S/C20H26N2O2.CH4O.CH2O/c1-16-3-5-17(6-4-16)11-13-22-20(24)19-9-7-18(8-10-19)15-21-12-2-14-23;2*1-2/h3-10,21,23H,2,11-15H2,1H3,(H,22,24);2H,1H3;1H2. The largest absolute Gasteiger partial charge is 0.400 e. The fourth-order valence-corrected chi connectivity index (χ4v) is 2.39. The van der Waals surface area contributed by atoms with Crippen LogP contribution in [0.5, 0.6) is 0 Å². The van der Waals surface area contributed by atoms with E-state index in [1.54, 1.807) is 0 Å². The number of aliphatic hydroxyl groups excluding tert-OH is 2. The minimum Gasteiger partial charge on any atom is -0.400 e. The first-order valence-electron chi connectivity index (χ1n) is 9.17. The molecule has 6 heteroatoms. The van der Waals surface area contributed by atoms with Gasteiger partial charge < -0.3 is 25.6 Å². The minimum atomic E-state index is -0.0399. The van der Waals surface area contributed by atoms with Crippen LogP contribution in [0, 0.1) is 6.92 Å². The van der Waals surface area contributed by atoms with Gasteiger partial charge in [-0.05, 0) is 49.6 Å². The molecule has 0 spiro atoms. The lowest BCUT2D eigenvalue weighted by atomic mass is 10.1. The quantitative estimate of drug-likeness (QED) is 0.492. The molecule has 4 N–H and O–H groups in total. The number of hydrogen-bond donors (Lipinski definition) is 4. The Morgan fingerprint density at radius 1 is 0.929 bits per heavy atom. The molecule has 0 aliphatic rings. The molecule has 6 nitrogen and oxygen atoms in total. The van der Waals surface area contributed by atoms with Gasteiger partial charge in [-0.1, -0.05) is 42.0 Å². The van der Waals surface area contributed by atoms with Gasteiger partial charge in [-0.2, -0.15) is 0 Å². The molecule has 0 saturated heterocycles. The molecule has 0 saturated carbocycles. The first-order chi connectivity index (χ1) is 13.7. The van der Waals surface area contributed by atoms with E-state index in [1.165, 1.54) is 11.1 Å². The normalized spacial score (nSPS) is 9.43. The van der Waals surface area contributed by atoms with Crippen LogP contribution in [-0.4, -0.2) is 49.7 Å². The highest BCUT2D eigenvalue weighted by molar-refractivity contribution is 5.94. The maximum atomic E-state index is 12.1. The zero-order valence-corrected chi connectivity index (χ0v) is 16.8. The Hall–Kier alpha value is -2.54. The predicted molar refractivity (Wildman–Crippen MR) is 112 cm³/mol. The van der Waals surface area contributed by atoms with Crippen molar-refractivity contribution in [2.75, 3.05) is 26.8 Å². The average molecular weight is 389 g/mol. The van der Waals surface area contributed by atoms with Gasteiger partial charge in [0.15, 0.2) is 0 Å². The molecule has 0 atom stereocenters. The summed E-state index contributed by atoms with van der Waals surface area (Å²) in [4.78, 5) is 20.1. The lowest BCUT2D eigenvalue weighted by molar-refractivity contribution is -0.0980. The zero-order chi connectivity index (χ0) is 21.2. The van der Waals surface area contributed by atoms with Crippen molar-refractivity contribution in [2.24, 2.45) is 0 Å². The Kier molecular flexibility index (Phi) is 15.1. The number of rotatable bonds is 9. The Bertz CT molecular complexity index is 643. The van der Waals surface area contributed by atoms with E-state index in [4.69, 9.17) is 15.0 Å². The van der Waals surface area contributed by atoms with Crippen LogP contribution in [0.3, 0.4) is 0 Å². The van der Waals surface area contributed by atoms with Crippen molar-refractivity contribution in [3.8, 4) is 0 Å². The first-order valence-corrected chi connectivity index (χ1v) is 9.17. The molecule has 0 bridgehead atoms. The molecule has 2 aromatic rings. The van der Waals surface area contributed by atoms with Crippen LogP contribution in [-0.2, 0) is 17.8 Å². The molecule has 1 amide bonds. The molecule has 0 heterocycles. The van der Waals surface area contributed by atoms with E-state index in [1.807, 2.05) is 31.1 Å². The summed E-state index contributed by atoms with van der Waals surface area (Å²) in [6.45, 7) is 6.44. The third-order valence-corrected chi connectivity index (χ3v) is 3.88. The van der Waals surface area contributed by atoms with E-state index in [9.17, 15) is 4.79 Å². The molecule has 28 heavy (non-hydrogen) atoms. The summed E-state index contributed by atoms with van der Waals surface area (Å²) >= 11 is 0. The highest BCUT2D eigenvalue weighted by atomic mass is 16.3. The van der Waals surface area contributed by atoms with Crippen molar-refractivity contribution in [1.29, 1.82) is 0 Å². The summed E-state index contributed by atoms with van der Waals surface area (Å²) < 4.78 is 0. The van der Waals surface area contributed by atoms with Crippen molar-refractivity contribution >= 4 is 12.7 Å². The predicted octanol–water partition coefficient (Wildman–Crippen LogP) is 1.86. The molecular weight excluding hydrogens is 356 g/mol. The molecule has 2 rings (SSSR count). The smallest absolute Gasteiger partial charge is 0.251 e. The number of hydrogen-bond acceptors (Lipinski definition) is 5. The lowest BCUT2D eigenvalue weighted by Crippen LogP contribution is -2.25. The summed E-state index contributed by atoms with van der Waals surface area (Å²) in [5.41, 5.74) is 4.28. The van der Waals surface area contributed by atoms with E-state index in [2.05, 4.69) is 41.8 Å². The fourth-order valence-electron chi connectivity index (χ4n) is 2.39. The summed E-state index contributed by atoms with van der Waals surface area (Å²) in [5, 5.41) is 21.9. The molecule has 0 unspecified atom stereocenters. The monoisotopic (exact) mass is 388 g/mol. The van der Waals surface area contributed by atoms with Crippen LogP contribution in [0.4, 0.5) is 0 Å². The molecule has 0 aliphatic heterocycles. The van der Waals surface area contributed by atoms with Gasteiger partial charge in [0.1, 0.15) is 6.79 Å². The van der Waals surface area contributed by atoms with Crippen LogP contribution in [0.2, 0.25) is 0 Å². The topological polar surface area (TPSA) is 98.7 Å². The molecule has 0 aliphatic carbocycles. The second kappa shape index (κ2) is 16.6. The number of carbonyl (C=O) groups excluding carboxylic acids is 2. The molecule has 0 fully saturated rings. The summed E-state index contributed by atoms with van der Waals surface area (Å²) in [6.07, 6.45) is 1.58. The van der Waals surface area contributed by atoms with Gasteiger partial charge in [0, 0.05) is 32.4 Å². The number of carbonyl (C=O) groups is 2. The average Bonchev–Trinajstić information content (AvgIpc) is 2.76. The third-order valence-electron chi connectivity index (χ3n) is 3.88. The molecule has 2 aromatic carbocycles. The fraction of sp³-hybridized carbons (Fsp3) is 0.364. The highest BCUT2D eigenvalue weighted by Gasteiger charge is 2.05. The number of benzene rings is 2. The van der Waals surface area contributed by atoms with Crippen molar-refractivity contribution in [3.63, 3.8) is 0 Å². The van der Waals surface area contributed by atoms with Crippen LogP contribution in [0.25, 0.3) is 0 Å². The number of aryl methyl sites for hydroxylation is 1. The van der Waals surface area contributed by atoms with E-state index in [0.29, 0.717) is 12.1 Å². The van der Waals surface area contributed by atoms with Gasteiger partial charge >= 0.3 is 0 Å². The maximum Gasteiger partial charge on any atom is 0.251 e. The highest BCUT2D eigenvalue weighted by Crippen LogP contribution is 2.06. The van der Waals surface area contributed by atoms with E-state index in [0.717, 1.165) is 38.6 Å². The number of amides is 1. The third kappa shape index (κ3) is 10.6. The van der Waals surface area contributed by atoms with E-state index in [-0.39, 0.29) is 12.5 Å². The number of nitrogens with one attached hydrogen (secondary N) is 2. The zero-order valence-electron chi connectivity index (χ0n) is 16.8. The van der Waals surface area contributed by atoms with Crippen LogP contribution >= 0.6 is 0 Å². The van der Waals surface area contributed by atoms with E-state index >= 15 is 0 Å². The second-order valence-electron chi connectivity index (χ2n) is 5.94.